The average Bonchev–Trinajstić information content (AvgIpc) is 3.30. The lowest BCUT2D eigenvalue weighted by Crippen LogP contribution is -2.30. The maximum Gasteiger partial charge on any atom is 0.306 e. The van der Waals surface area contributed by atoms with Gasteiger partial charge in [-0.2, -0.15) is 0 Å². The van der Waals surface area contributed by atoms with Crippen molar-refractivity contribution in [2.75, 3.05) is 19.8 Å². The van der Waals surface area contributed by atoms with Crippen LogP contribution in [0.4, 0.5) is 0 Å². The number of allylic oxidation sites excluding steroid dienone is 4. The first-order valence-electron chi connectivity index (χ1n) is 28.9. The van der Waals surface area contributed by atoms with Crippen LogP contribution in [-0.2, 0) is 23.8 Å². The number of hydrogen-bond donors (Lipinski definition) is 0. The van der Waals surface area contributed by atoms with Crippen LogP contribution in [0.5, 0.6) is 0 Å². The first-order chi connectivity index (χ1) is 31.6. The van der Waals surface area contributed by atoms with E-state index in [-0.39, 0.29) is 25.2 Å². The maximum absolute atomic E-state index is 12.9. The van der Waals surface area contributed by atoms with Crippen LogP contribution in [0.25, 0.3) is 0 Å². The molecule has 0 aromatic carbocycles. The van der Waals surface area contributed by atoms with Crippen molar-refractivity contribution in [1.82, 2.24) is 0 Å². The van der Waals surface area contributed by atoms with Gasteiger partial charge in [0.1, 0.15) is 6.61 Å². The molecule has 0 aliphatic carbocycles. The lowest BCUT2D eigenvalue weighted by Gasteiger charge is -2.18. The maximum atomic E-state index is 12.9. The van der Waals surface area contributed by atoms with Gasteiger partial charge in [0, 0.05) is 19.4 Å². The Kier molecular flexibility index (Phi) is 54.3. The van der Waals surface area contributed by atoms with Gasteiger partial charge < -0.3 is 14.2 Å². The molecule has 0 aromatic heterocycles. The van der Waals surface area contributed by atoms with Crippen molar-refractivity contribution in [1.29, 1.82) is 0 Å². The number of esters is 2. The summed E-state index contributed by atoms with van der Waals surface area (Å²) in [5.41, 5.74) is 0. The highest BCUT2D eigenvalue weighted by molar-refractivity contribution is 5.70. The Morgan fingerprint density at radius 2 is 0.609 bits per heavy atom. The van der Waals surface area contributed by atoms with Gasteiger partial charge in [0.25, 0.3) is 0 Å². The van der Waals surface area contributed by atoms with Crippen LogP contribution in [-0.4, -0.2) is 37.9 Å². The van der Waals surface area contributed by atoms with Crippen LogP contribution in [0.1, 0.15) is 316 Å². The smallest absolute Gasteiger partial charge is 0.306 e. The fraction of sp³-hybridized carbons (Fsp3) is 0.898. The molecule has 1 atom stereocenters. The zero-order chi connectivity index (χ0) is 46.3. The van der Waals surface area contributed by atoms with Gasteiger partial charge in [0.05, 0.1) is 6.61 Å². The number of rotatable bonds is 54. The van der Waals surface area contributed by atoms with Crippen LogP contribution < -0.4 is 0 Å². The Morgan fingerprint density at radius 3 is 0.969 bits per heavy atom. The van der Waals surface area contributed by atoms with E-state index in [1.165, 1.54) is 244 Å². The van der Waals surface area contributed by atoms with Gasteiger partial charge in [0.15, 0.2) is 6.10 Å². The Hall–Kier alpha value is -1.62. The van der Waals surface area contributed by atoms with Crippen LogP contribution in [0, 0.1) is 0 Å². The van der Waals surface area contributed by atoms with Crippen molar-refractivity contribution < 1.29 is 23.8 Å². The minimum atomic E-state index is -0.535. The van der Waals surface area contributed by atoms with Crippen molar-refractivity contribution in [3.63, 3.8) is 0 Å². The molecule has 1 unspecified atom stereocenters. The zero-order valence-electron chi connectivity index (χ0n) is 43.6. The second-order valence-corrected chi connectivity index (χ2v) is 19.5. The van der Waals surface area contributed by atoms with Gasteiger partial charge in [-0.15, -0.1) is 0 Å². The van der Waals surface area contributed by atoms with Gasteiger partial charge >= 0.3 is 11.9 Å². The summed E-state index contributed by atoms with van der Waals surface area (Å²) in [6.07, 6.45) is 66.2. The summed E-state index contributed by atoms with van der Waals surface area (Å²) >= 11 is 0. The molecule has 0 amide bonds. The van der Waals surface area contributed by atoms with E-state index in [0.717, 1.165) is 38.5 Å². The molecule has 0 spiro atoms. The molecule has 64 heavy (non-hydrogen) atoms. The fourth-order valence-corrected chi connectivity index (χ4v) is 8.62. The van der Waals surface area contributed by atoms with Gasteiger partial charge in [-0.25, -0.2) is 0 Å². The molecule has 0 fully saturated rings. The van der Waals surface area contributed by atoms with Crippen molar-refractivity contribution in [2.24, 2.45) is 0 Å². The third-order valence-corrected chi connectivity index (χ3v) is 13.0. The largest absolute Gasteiger partial charge is 0.462 e. The number of hydrogen-bond acceptors (Lipinski definition) is 5. The van der Waals surface area contributed by atoms with Gasteiger partial charge in [-0.1, -0.05) is 257 Å². The van der Waals surface area contributed by atoms with E-state index in [4.69, 9.17) is 14.2 Å². The zero-order valence-corrected chi connectivity index (χ0v) is 43.6. The number of ether oxygens (including phenoxy) is 3. The Bertz CT molecular complexity index is 974. The topological polar surface area (TPSA) is 61.8 Å². The molecular formula is C59H112O5. The molecule has 0 aromatic rings. The van der Waals surface area contributed by atoms with Crippen LogP contribution in [0.2, 0.25) is 0 Å². The molecular weight excluding hydrogens is 789 g/mol. The first kappa shape index (κ1) is 62.4. The number of carbonyl (C=O) groups is 2. The van der Waals surface area contributed by atoms with E-state index in [1.54, 1.807) is 0 Å². The third kappa shape index (κ3) is 53.0. The average molecular weight is 902 g/mol. The number of unbranched alkanes of at least 4 members (excludes halogenated alkanes) is 39. The summed E-state index contributed by atoms with van der Waals surface area (Å²) in [4.78, 5) is 25.5. The Balaban J connectivity index is 4.22. The quantitative estimate of drug-likeness (QED) is 0.0346. The van der Waals surface area contributed by atoms with Crippen molar-refractivity contribution in [3.8, 4) is 0 Å². The normalized spacial score (nSPS) is 12.2. The van der Waals surface area contributed by atoms with Crippen LogP contribution >= 0.6 is 0 Å². The Labute approximate surface area is 400 Å². The lowest BCUT2D eigenvalue weighted by molar-refractivity contribution is -0.163. The van der Waals surface area contributed by atoms with Gasteiger partial charge in [-0.3, -0.25) is 9.59 Å². The summed E-state index contributed by atoms with van der Waals surface area (Å²) in [5.74, 6) is -0.384. The molecule has 0 N–H and O–H groups in total. The van der Waals surface area contributed by atoms with Crippen LogP contribution in [0.3, 0.4) is 0 Å². The molecule has 0 rings (SSSR count). The SMILES string of the molecule is CCCCCC/C=C\CCCCCCCCOCC(COC(=O)CCCCCCCCC/C=C\CCCCCCCC)OC(=O)CCCCCCCCCCCCCCCCCCC. The molecule has 5 nitrogen and oxygen atoms in total. The molecule has 0 radical (unpaired) electrons. The van der Waals surface area contributed by atoms with Crippen LogP contribution in [0.15, 0.2) is 24.3 Å². The predicted molar refractivity (Wildman–Crippen MR) is 279 cm³/mol. The Morgan fingerprint density at radius 1 is 0.328 bits per heavy atom. The third-order valence-electron chi connectivity index (χ3n) is 13.0. The minimum Gasteiger partial charge on any atom is -0.462 e. The van der Waals surface area contributed by atoms with Gasteiger partial charge in [-0.05, 0) is 70.6 Å². The second kappa shape index (κ2) is 55.7. The van der Waals surface area contributed by atoms with Crippen molar-refractivity contribution in [3.05, 3.63) is 24.3 Å². The summed E-state index contributed by atoms with van der Waals surface area (Å²) < 4.78 is 17.5. The summed E-state index contributed by atoms with van der Waals surface area (Å²) in [5, 5.41) is 0. The van der Waals surface area contributed by atoms with E-state index in [9.17, 15) is 9.59 Å². The summed E-state index contributed by atoms with van der Waals surface area (Å²) in [6.45, 7) is 7.86. The summed E-state index contributed by atoms with van der Waals surface area (Å²) in [6, 6.07) is 0. The fourth-order valence-electron chi connectivity index (χ4n) is 8.62. The molecule has 5 heteroatoms. The molecule has 0 heterocycles. The summed E-state index contributed by atoms with van der Waals surface area (Å²) in [7, 11) is 0. The molecule has 0 bridgehead atoms. The van der Waals surface area contributed by atoms with E-state index in [2.05, 4.69) is 45.1 Å². The second-order valence-electron chi connectivity index (χ2n) is 19.5. The van der Waals surface area contributed by atoms with E-state index in [0.29, 0.717) is 19.4 Å². The van der Waals surface area contributed by atoms with E-state index in [1.807, 2.05) is 0 Å². The molecule has 0 aliphatic rings. The first-order valence-corrected chi connectivity index (χ1v) is 28.9. The highest BCUT2D eigenvalue weighted by Crippen LogP contribution is 2.16. The van der Waals surface area contributed by atoms with E-state index >= 15 is 0 Å². The van der Waals surface area contributed by atoms with E-state index < -0.39 is 6.10 Å². The number of carbonyl (C=O) groups excluding carboxylic acids is 2. The van der Waals surface area contributed by atoms with Crippen molar-refractivity contribution >= 4 is 11.9 Å². The lowest BCUT2D eigenvalue weighted by atomic mass is 10.0. The molecule has 0 saturated carbocycles. The molecule has 0 aliphatic heterocycles. The highest BCUT2D eigenvalue weighted by Gasteiger charge is 2.17. The molecule has 0 saturated heterocycles. The minimum absolute atomic E-state index is 0.0875. The highest BCUT2D eigenvalue weighted by atomic mass is 16.6. The van der Waals surface area contributed by atoms with Gasteiger partial charge in [0.2, 0.25) is 0 Å². The molecule has 378 valence electrons. The monoisotopic (exact) mass is 901 g/mol. The standard InChI is InChI=1S/C59H112O5/c1-4-7-10-13-16-19-22-25-28-30-32-34-37-40-43-46-49-52-58(60)63-56-57(55-62-54-51-48-45-42-39-36-27-24-21-18-15-12-9-6-3)64-59(61)53-50-47-44-41-38-35-33-31-29-26-23-20-17-14-11-8-5-2/h21,24-25,28,57H,4-20,22-23,26-27,29-56H2,1-3H3/b24-21-,28-25-. The predicted octanol–water partition coefficient (Wildman–Crippen LogP) is 19.6. The van der Waals surface area contributed by atoms with Crippen molar-refractivity contribution in [2.45, 2.75) is 322 Å².